The number of hydrogen-bond acceptors (Lipinski definition) is 3. The molecule has 0 aliphatic heterocycles. The third-order valence-electron chi connectivity index (χ3n) is 3.24. The van der Waals surface area contributed by atoms with E-state index in [4.69, 9.17) is 4.74 Å². The van der Waals surface area contributed by atoms with Gasteiger partial charge in [0.25, 0.3) is 0 Å². The Kier molecular flexibility index (Phi) is 3.51. The Bertz CT molecular complexity index is 546. The third kappa shape index (κ3) is 3.35. The molecule has 0 bridgehead atoms. The highest BCUT2D eigenvalue weighted by atomic mass is 16.5. The van der Waals surface area contributed by atoms with Crippen molar-refractivity contribution in [1.82, 2.24) is 15.1 Å². The summed E-state index contributed by atoms with van der Waals surface area (Å²) in [5.41, 5.74) is 1.26. The number of nitrogens with one attached hydrogen (secondary N) is 1. The van der Waals surface area contributed by atoms with Crippen molar-refractivity contribution in [2.24, 2.45) is 0 Å². The van der Waals surface area contributed by atoms with Gasteiger partial charge in [-0.3, -0.25) is 4.68 Å². The van der Waals surface area contributed by atoms with Gasteiger partial charge in [0.1, 0.15) is 5.75 Å². The highest BCUT2D eigenvalue weighted by Gasteiger charge is 2.19. The molecule has 4 nitrogen and oxygen atoms in total. The summed E-state index contributed by atoms with van der Waals surface area (Å²) in [7, 11) is 0. The summed E-state index contributed by atoms with van der Waals surface area (Å²) in [5.74, 6) is 1.65. The van der Waals surface area contributed by atoms with Gasteiger partial charge >= 0.3 is 0 Å². The summed E-state index contributed by atoms with van der Waals surface area (Å²) >= 11 is 0. The van der Waals surface area contributed by atoms with Gasteiger partial charge in [0.2, 0.25) is 0 Å². The zero-order chi connectivity index (χ0) is 13.1. The number of hydrogen-bond donors (Lipinski definition) is 1. The smallest absolute Gasteiger partial charge is 0.165 e. The first kappa shape index (κ1) is 12.2. The van der Waals surface area contributed by atoms with Crippen molar-refractivity contribution < 1.29 is 4.74 Å². The summed E-state index contributed by atoms with van der Waals surface area (Å²) in [6.45, 7) is 3.83. The molecule has 0 radical (unpaired) electrons. The van der Waals surface area contributed by atoms with E-state index in [-0.39, 0.29) is 0 Å². The van der Waals surface area contributed by atoms with Gasteiger partial charge in [0.05, 0.1) is 12.4 Å². The molecule has 1 fully saturated rings. The largest absolute Gasteiger partial charge is 0.454 e. The molecule has 1 saturated carbocycles. The molecule has 0 saturated heterocycles. The van der Waals surface area contributed by atoms with Crippen LogP contribution < -0.4 is 10.1 Å². The van der Waals surface area contributed by atoms with E-state index in [2.05, 4.69) is 29.5 Å². The van der Waals surface area contributed by atoms with E-state index in [1.54, 1.807) is 6.20 Å². The van der Waals surface area contributed by atoms with Crippen molar-refractivity contribution in [3.8, 4) is 11.5 Å². The molecule has 100 valence electrons. The molecule has 0 unspecified atom stereocenters. The quantitative estimate of drug-likeness (QED) is 0.864. The second kappa shape index (κ2) is 5.45. The van der Waals surface area contributed by atoms with Crippen LogP contribution in [0.4, 0.5) is 0 Å². The van der Waals surface area contributed by atoms with E-state index in [1.807, 2.05) is 23.0 Å². The van der Waals surface area contributed by atoms with Crippen LogP contribution in [-0.4, -0.2) is 15.8 Å². The monoisotopic (exact) mass is 257 g/mol. The Labute approximate surface area is 113 Å². The van der Waals surface area contributed by atoms with Crippen molar-refractivity contribution in [1.29, 1.82) is 0 Å². The SMILES string of the molecule is CCn1cc(Oc2cccc(CNC3CC3)c2)cn1. The van der Waals surface area contributed by atoms with Crippen LogP contribution in [0, 0.1) is 0 Å². The van der Waals surface area contributed by atoms with E-state index in [1.165, 1.54) is 18.4 Å². The van der Waals surface area contributed by atoms with Crippen LogP contribution in [0.5, 0.6) is 11.5 Å². The van der Waals surface area contributed by atoms with E-state index in [0.717, 1.165) is 30.6 Å². The molecular formula is C15H19N3O. The molecule has 19 heavy (non-hydrogen) atoms. The Morgan fingerprint density at radius 1 is 1.37 bits per heavy atom. The Morgan fingerprint density at radius 2 is 2.26 bits per heavy atom. The topological polar surface area (TPSA) is 39.1 Å². The highest BCUT2D eigenvalue weighted by Crippen LogP contribution is 2.23. The van der Waals surface area contributed by atoms with Crippen LogP contribution in [0.25, 0.3) is 0 Å². The maximum Gasteiger partial charge on any atom is 0.165 e. The first-order valence-electron chi connectivity index (χ1n) is 6.86. The molecule has 1 aromatic carbocycles. The molecule has 1 heterocycles. The highest BCUT2D eigenvalue weighted by molar-refractivity contribution is 5.32. The summed E-state index contributed by atoms with van der Waals surface area (Å²) in [5, 5.41) is 7.71. The summed E-state index contributed by atoms with van der Waals surface area (Å²) in [6, 6.07) is 8.94. The number of rotatable bonds is 6. The molecule has 1 aromatic heterocycles. The minimum atomic E-state index is 0.729. The van der Waals surface area contributed by atoms with Gasteiger partial charge in [-0.05, 0) is 37.5 Å². The summed E-state index contributed by atoms with van der Waals surface area (Å²) in [6.07, 6.45) is 6.28. The fraction of sp³-hybridized carbons (Fsp3) is 0.400. The molecule has 2 aromatic rings. The molecule has 4 heteroatoms. The van der Waals surface area contributed by atoms with Gasteiger partial charge in [-0.15, -0.1) is 0 Å². The molecule has 0 spiro atoms. The van der Waals surface area contributed by atoms with Gasteiger partial charge in [0.15, 0.2) is 5.75 Å². The number of aryl methyl sites for hydroxylation is 1. The number of benzene rings is 1. The molecular weight excluding hydrogens is 238 g/mol. The summed E-state index contributed by atoms with van der Waals surface area (Å²) < 4.78 is 7.67. The van der Waals surface area contributed by atoms with Crippen LogP contribution >= 0.6 is 0 Å². The van der Waals surface area contributed by atoms with Gasteiger partial charge in [0, 0.05) is 19.1 Å². The van der Waals surface area contributed by atoms with Crippen molar-refractivity contribution >= 4 is 0 Å². The second-order valence-corrected chi connectivity index (χ2v) is 4.94. The fourth-order valence-corrected chi connectivity index (χ4v) is 1.97. The van der Waals surface area contributed by atoms with Crippen molar-refractivity contribution in [2.75, 3.05) is 0 Å². The van der Waals surface area contributed by atoms with Crippen molar-refractivity contribution in [3.05, 3.63) is 42.2 Å². The van der Waals surface area contributed by atoms with Gasteiger partial charge in [-0.1, -0.05) is 12.1 Å². The minimum Gasteiger partial charge on any atom is -0.454 e. The summed E-state index contributed by atoms with van der Waals surface area (Å²) in [4.78, 5) is 0. The van der Waals surface area contributed by atoms with Gasteiger partial charge in [-0.2, -0.15) is 5.10 Å². The van der Waals surface area contributed by atoms with Gasteiger partial charge < -0.3 is 10.1 Å². The van der Waals surface area contributed by atoms with Crippen LogP contribution in [0.3, 0.4) is 0 Å². The second-order valence-electron chi connectivity index (χ2n) is 4.94. The standard InChI is InChI=1S/C15H19N3O/c1-2-18-11-15(10-17-18)19-14-5-3-4-12(8-14)9-16-13-6-7-13/h3-5,8,10-11,13,16H,2,6-7,9H2,1H3. The fourth-order valence-electron chi connectivity index (χ4n) is 1.97. The number of ether oxygens (including phenoxy) is 1. The molecule has 1 aliphatic rings. The number of nitrogens with zero attached hydrogens (tertiary/aromatic N) is 2. The lowest BCUT2D eigenvalue weighted by Crippen LogP contribution is -2.15. The normalized spacial score (nSPS) is 14.6. The van der Waals surface area contributed by atoms with Crippen LogP contribution in [0.15, 0.2) is 36.7 Å². The maximum atomic E-state index is 5.81. The Morgan fingerprint density at radius 3 is 3.00 bits per heavy atom. The lowest BCUT2D eigenvalue weighted by molar-refractivity contribution is 0.480. The molecule has 3 rings (SSSR count). The molecule has 1 aliphatic carbocycles. The van der Waals surface area contributed by atoms with Crippen LogP contribution in [0.1, 0.15) is 25.3 Å². The van der Waals surface area contributed by atoms with Gasteiger partial charge in [-0.25, -0.2) is 0 Å². The maximum absolute atomic E-state index is 5.81. The predicted octanol–water partition coefficient (Wildman–Crippen LogP) is 2.95. The third-order valence-corrected chi connectivity index (χ3v) is 3.24. The Balaban J connectivity index is 1.64. The van der Waals surface area contributed by atoms with Crippen molar-refractivity contribution in [3.63, 3.8) is 0 Å². The average molecular weight is 257 g/mol. The number of aromatic nitrogens is 2. The first-order valence-corrected chi connectivity index (χ1v) is 6.86. The van der Waals surface area contributed by atoms with E-state index in [0.29, 0.717) is 0 Å². The van der Waals surface area contributed by atoms with Crippen LogP contribution in [-0.2, 0) is 13.1 Å². The minimum absolute atomic E-state index is 0.729. The predicted molar refractivity (Wildman–Crippen MR) is 74.3 cm³/mol. The van der Waals surface area contributed by atoms with Crippen LogP contribution in [0.2, 0.25) is 0 Å². The van der Waals surface area contributed by atoms with E-state index >= 15 is 0 Å². The lowest BCUT2D eigenvalue weighted by atomic mass is 10.2. The van der Waals surface area contributed by atoms with E-state index in [9.17, 15) is 0 Å². The molecule has 0 atom stereocenters. The molecule has 1 N–H and O–H groups in total. The average Bonchev–Trinajstić information content (AvgIpc) is 3.16. The zero-order valence-corrected chi connectivity index (χ0v) is 11.2. The zero-order valence-electron chi connectivity index (χ0n) is 11.2. The van der Waals surface area contributed by atoms with E-state index < -0.39 is 0 Å². The molecule has 0 amide bonds. The van der Waals surface area contributed by atoms with Crippen molar-refractivity contribution in [2.45, 2.75) is 38.9 Å². The first-order chi connectivity index (χ1) is 9.33. The lowest BCUT2D eigenvalue weighted by Gasteiger charge is -2.06. The Hall–Kier alpha value is -1.81.